The van der Waals surface area contributed by atoms with E-state index >= 15 is 0 Å². The highest BCUT2D eigenvalue weighted by Crippen LogP contribution is 2.15. The van der Waals surface area contributed by atoms with Crippen molar-refractivity contribution >= 4 is 17.7 Å². The summed E-state index contributed by atoms with van der Waals surface area (Å²) >= 11 is 0. The van der Waals surface area contributed by atoms with Crippen molar-refractivity contribution in [2.45, 2.75) is 53.2 Å². The van der Waals surface area contributed by atoms with Crippen LogP contribution in [0.1, 0.15) is 41.0 Å². The zero-order chi connectivity index (χ0) is 19.0. The standard InChI is InChI=1S/C17H29NO6/c1-6-7-9(2)14(20)11(4)16(22)18-8-13(19)10(3)15(21)12(5)17(23)24/h7,10-12,14-15,20-21H,6,8H2,1-5H3,(H,18,22)(H,23,24). The van der Waals surface area contributed by atoms with Gasteiger partial charge in [0.2, 0.25) is 5.91 Å². The molecule has 1 amide bonds. The van der Waals surface area contributed by atoms with Gasteiger partial charge in [0, 0.05) is 5.92 Å². The lowest BCUT2D eigenvalue weighted by atomic mass is 9.90. The first-order valence-electron chi connectivity index (χ1n) is 8.10. The largest absolute Gasteiger partial charge is 0.481 e. The van der Waals surface area contributed by atoms with E-state index in [9.17, 15) is 24.6 Å². The number of carbonyl (C=O) groups excluding carboxylic acids is 2. The Morgan fingerprint density at radius 2 is 1.58 bits per heavy atom. The molecule has 7 heteroatoms. The predicted molar refractivity (Wildman–Crippen MR) is 89.2 cm³/mol. The summed E-state index contributed by atoms with van der Waals surface area (Å²) in [4.78, 5) is 34.9. The van der Waals surface area contributed by atoms with Crippen LogP contribution in [0, 0.1) is 17.8 Å². The number of Topliss-reactive ketones (excluding diaryl/α,β-unsaturated/α-hetero) is 1. The lowest BCUT2D eigenvalue weighted by Gasteiger charge is -2.22. The molecule has 0 spiro atoms. The first-order chi connectivity index (χ1) is 11.0. The number of aliphatic hydroxyl groups excluding tert-OH is 2. The third-order valence-corrected chi connectivity index (χ3v) is 4.24. The molecule has 4 N–H and O–H groups in total. The average Bonchev–Trinajstić information content (AvgIpc) is 2.55. The third kappa shape index (κ3) is 6.41. The SMILES string of the molecule is CCC=C(C)C(O)C(C)C(=O)NCC(=O)C(C)C(O)C(C)C(=O)O. The summed E-state index contributed by atoms with van der Waals surface area (Å²) in [7, 11) is 0. The van der Waals surface area contributed by atoms with Crippen LogP contribution in [-0.4, -0.2) is 51.7 Å². The number of aliphatic hydroxyl groups is 2. The fraction of sp³-hybridized carbons (Fsp3) is 0.706. The van der Waals surface area contributed by atoms with Gasteiger partial charge in [-0.25, -0.2) is 0 Å². The van der Waals surface area contributed by atoms with Crippen molar-refractivity contribution in [2.24, 2.45) is 17.8 Å². The second kappa shape index (κ2) is 10.2. The van der Waals surface area contributed by atoms with Gasteiger partial charge in [0.1, 0.15) is 0 Å². The number of carbonyl (C=O) groups is 3. The summed E-state index contributed by atoms with van der Waals surface area (Å²) in [5, 5.41) is 31.2. The molecule has 0 heterocycles. The van der Waals surface area contributed by atoms with Crippen molar-refractivity contribution in [1.82, 2.24) is 5.32 Å². The molecular weight excluding hydrogens is 314 g/mol. The summed E-state index contributed by atoms with van der Waals surface area (Å²) in [5.41, 5.74) is 0.686. The van der Waals surface area contributed by atoms with Gasteiger partial charge >= 0.3 is 5.97 Å². The molecule has 7 nitrogen and oxygen atoms in total. The molecule has 0 saturated heterocycles. The number of hydrogen-bond donors (Lipinski definition) is 4. The molecule has 138 valence electrons. The van der Waals surface area contributed by atoms with E-state index in [0.29, 0.717) is 5.57 Å². The number of nitrogens with one attached hydrogen (secondary N) is 1. The Morgan fingerprint density at radius 1 is 1.04 bits per heavy atom. The molecule has 0 aliphatic heterocycles. The van der Waals surface area contributed by atoms with Crippen LogP contribution in [0.25, 0.3) is 0 Å². The quantitative estimate of drug-likeness (QED) is 0.434. The molecule has 5 atom stereocenters. The maximum Gasteiger partial charge on any atom is 0.308 e. The molecule has 0 aromatic heterocycles. The van der Waals surface area contributed by atoms with Gasteiger partial charge in [0.25, 0.3) is 0 Å². The monoisotopic (exact) mass is 343 g/mol. The van der Waals surface area contributed by atoms with E-state index in [1.807, 2.05) is 13.0 Å². The molecule has 0 bridgehead atoms. The number of amides is 1. The lowest BCUT2D eigenvalue weighted by Crippen LogP contribution is -2.43. The number of carboxylic acids is 1. The van der Waals surface area contributed by atoms with Crippen LogP contribution in [-0.2, 0) is 14.4 Å². The summed E-state index contributed by atoms with van der Waals surface area (Å²) in [5.74, 6) is -4.86. The van der Waals surface area contributed by atoms with Gasteiger partial charge in [0.05, 0.1) is 30.6 Å². The van der Waals surface area contributed by atoms with Crippen molar-refractivity contribution in [3.8, 4) is 0 Å². The van der Waals surface area contributed by atoms with Gasteiger partial charge < -0.3 is 20.6 Å². The highest BCUT2D eigenvalue weighted by molar-refractivity contribution is 5.89. The fourth-order valence-electron chi connectivity index (χ4n) is 2.25. The number of hydrogen-bond acceptors (Lipinski definition) is 5. The highest BCUT2D eigenvalue weighted by Gasteiger charge is 2.31. The van der Waals surface area contributed by atoms with Crippen LogP contribution in [0.2, 0.25) is 0 Å². The molecule has 0 fully saturated rings. The Morgan fingerprint density at radius 3 is 2.04 bits per heavy atom. The molecule has 0 aliphatic carbocycles. The first kappa shape index (κ1) is 22.3. The smallest absolute Gasteiger partial charge is 0.308 e. The van der Waals surface area contributed by atoms with Crippen LogP contribution < -0.4 is 5.32 Å². The van der Waals surface area contributed by atoms with Gasteiger partial charge in [-0.3, -0.25) is 14.4 Å². The summed E-state index contributed by atoms with van der Waals surface area (Å²) in [6.45, 7) is 7.63. The molecule has 0 radical (unpaired) electrons. The van der Waals surface area contributed by atoms with Crippen molar-refractivity contribution in [3.05, 3.63) is 11.6 Å². The van der Waals surface area contributed by atoms with Crippen molar-refractivity contribution in [3.63, 3.8) is 0 Å². The van der Waals surface area contributed by atoms with Crippen LogP contribution in [0.15, 0.2) is 11.6 Å². The Balaban J connectivity index is 4.62. The van der Waals surface area contributed by atoms with Crippen molar-refractivity contribution in [2.75, 3.05) is 6.54 Å². The molecule has 0 aliphatic rings. The van der Waals surface area contributed by atoms with Crippen LogP contribution >= 0.6 is 0 Å². The fourth-order valence-corrected chi connectivity index (χ4v) is 2.25. The average molecular weight is 343 g/mol. The number of rotatable bonds is 10. The predicted octanol–water partition coefficient (Wildman–Crippen LogP) is 0.743. The second-order valence-corrected chi connectivity index (χ2v) is 6.18. The number of ketones is 1. The second-order valence-electron chi connectivity index (χ2n) is 6.18. The normalized spacial score (nSPS) is 18.2. The van der Waals surface area contributed by atoms with Gasteiger partial charge in [-0.15, -0.1) is 0 Å². The van der Waals surface area contributed by atoms with Crippen LogP contribution in [0.4, 0.5) is 0 Å². The number of allylic oxidation sites excluding steroid dienone is 1. The molecule has 0 rings (SSSR count). The maximum atomic E-state index is 12.0. The van der Waals surface area contributed by atoms with E-state index in [2.05, 4.69) is 5.32 Å². The number of aliphatic carboxylic acids is 1. The van der Waals surface area contributed by atoms with Gasteiger partial charge in [0.15, 0.2) is 5.78 Å². The first-order valence-corrected chi connectivity index (χ1v) is 8.10. The minimum Gasteiger partial charge on any atom is -0.481 e. The Kier molecular flexibility index (Phi) is 9.47. The minimum absolute atomic E-state index is 0.322. The van der Waals surface area contributed by atoms with E-state index in [1.54, 1.807) is 13.8 Å². The molecule has 0 aromatic carbocycles. The van der Waals surface area contributed by atoms with Crippen LogP contribution in [0.5, 0.6) is 0 Å². The Hall–Kier alpha value is -1.73. The van der Waals surface area contributed by atoms with E-state index in [0.717, 1.165) is 6.42 Å². The number of carboxylic acid groups (broad SMARTS) is 1. The van der Waals surface area contributed by atoms with Gasteiger partial charge in [-0.2, -0.15) is 0 Å². The molecule has 24 heavy (non-hydrogen) atoms. The minimum atomic E-state index is -1.33. The highest BCUT2D eigenvalue weighted by atomic mass is 16.4. The summed E-state index contributed by atoms with van der Waals surface area (Å²) in [6, 6.07) is 0. The van der Waals surface area contributed by atoms with E-state index < -0.39 is 47.6 Å². The molecule has 0 saturated carbocycles. The van der Waals surface area contributed by atoms with Gasteiger partial charge in [-0.05, 0) is 25.8 Å². The van der Waals surface area contributed by atoms with E-state index in [1.165, 1.54) is 13.8 Å². The topological polar surface area (TPSA) is 124 Å². The third-order valence-electron chi connectivity index (χ3n) is 4.24. The van der Waals surface area contributed by atoms with Crippen molar-refractivity contribution < 1.29 is 29.7 Å². The van der Waals surface area contributed by atoms with Gasteiger partial charge in [-0.1, -0.05) is 26.8 Å². The molecule has 5 unspecified atom stereocenters. The lowest BCUT2D eigenvalue weighted by molar-refractivity contribution is -0.147. The summed E-state index contributed by atoms with van der Waals surface area (Å²) < 4.78 is 0. The van der Waals surface area contributed by atoms with Crippen molar-refractivity contribution in [1.29, 1.82) is 0 Å². The van der Waals surface area contributed by atoms with E-state index in [4.69, 9.17) is 5.11 Å². The zero-order valence-corrected chi connectivity index (χ0v) is 14.9. The summed E-state index contributed by atoms with van der Waals surface area (Å²) in [6.07, 6.45) is 0.304. The van der Waals surface area contributed by atoms with E-state index in [-0.39, 0.29) is 6.54 Å². The Labute approximate surface area is 142 Å². The maximum absolute atomic E-state index is 12.0. The Bertz CT molecular complexity index is 487. The molecular formula is C17H29NO6. The zero-order valence-electron chi connectivity index (χ0n) is 14.9. The molecule has 0 aromatic rings. The van der Waals surface area contributed by atoms with Crippen LogP contribution in [0.3, 0.4) is 0 Å².